The van der Waals surface area contributed by atoms with E-state index in [0.717, 1.165) is 16.7 Å². The van der Waals surface area contributed by atoms with Crippen LogP contribution >= 0.6 is 11.8 Å². The van der Waals surface area contributed by atoms with E-state index in [0.29, 0.717) is 29.2 Å². The van der Waals surface area contributed by atoms with Crippen LogP contribution in [0.25, 0.3) is 0 Å². The van der Waals surface area contributed by atoms with Crippen LogP contribution < -0.4 is 9.47 Å². The molecule has 1 aliphatic rings. The largest absolute Gasteiger partial charge is 0.485 e. The molecule has 3 aromatic rings. The van der Waals surface area contributed by atoms with Crippen molar-refractivity contribution >= 4 is 17.5 Å². The fourth-order valence-corrected chi connectivity index (χ4v) is 3.72. The predicted octanol–water partition coefficient (Wildman–Crippen LogP) is 4.56. The highest BCUT2D eigenvalue weighted by Crippen LogP contribution is 2.36. The molecule has 7 heteroatoms. The van der Waals surface area contributed by atoms with E-state index < -0.39 is 6.10 Å². The highest BCUT2D eigenvalue weighted by molar-refractivity contribution is 8.00. The van der Waals surface area contributed by atoms with Gasteiger partial charge < -0.3 is 13.9 Å². The van der Waals surface area contributed by atoms with Crippen molar-refractivity contribution in [3.63, 3.8) is 0 Å². The summed E-state index contributed by atoms with van der Waals surface area (Å²) in [6, 6.07) is 13.3. The van der Waals surface area contributed by atoms with E-state index in [1.807, 2.05) is 63.2 Å². The molecule has 2 unspecified atom stereocenters. The molecule has 4 rings (SSSR count). The van der Waals surface area contributed by atoms with Crippen molar-refractivity contribution in [2.45, 2.75) is 37.3 Å². The van der Waals surface area contributed by atoms with E-state index in [4.69, 9.17) is 13.9 Å². The Bertz CT molecular complexity index is 1020. The number of aromatic nitrogens is 2. The maximum atomic E-state index is 12.8. The molecular formula is C21H20N2O4S. The van der Waals surface area contributed by atoms with Crippen LogP contribution in [0.3, 0.4) is 0 Å². The van der Waals surface area contributed by atoms with Crippen LogP contribution in [0.5, 0.6) is 11.5 Å². The fraction of sp³-hybridized carbons (Fsp3) is 0.286. The number of rotatable bonds is 5. The van der Waals surface area contributed by atoms with Crippen LogP contribution in [0.4, 0.5) is 0 Å². The quantitative estimate of drug-likeness (QED) is 0.462. The number of carbonyl (C=O) groups is 1. The van der Waals surface area contributed by atoms with Gasteiger partial charge in [0.1, 0.15) is 6.61 Å². The third kappa shape index (κ3) is 3.75. The first-order valence-electron chi connectivity index (χ1n) is 9.01. The lowest BCUT2D eigenvalue weighted by Gasteiger charge is -2.23. The highest BCUT2D eigenvalue weighted by Gasteiger charge is 2.28. The lowest BCUT2D eigenvalue weighted by atomic mass is 10.0. The second-order valence-electron chi connectivity index (χ2n) is 6.71. The summed E-state index contributed by atoms with van der Waals surface area (Å²) in [5.74, 6) is 1.71. The van der Waals surface area contributed by atoms with Crippen LogP contribution in [0, 0.1) is 13.8 Å². The molecule has 144 valence electrons. The van der Waals surface area contributed by atoms with Crippen molar-refractivity contribution in [2.24, 2.45) is 0 Å². The summed E-state index contributed by atoms with van der Waals surface area (Å²) < 4.78 is 17.3. The van der Waals surface area contributed by atoms with Crippen molar-refractivity contribution < 1.29 is 18.7 Å². The van der Waals surface area contributed by atoms with Gasteiger partial charge in [0.2, 0.25) is 6.10 Å². The van der Waals surface area contributed by atoms with E-state index >= 15 is 0 Å². The Morgan fingerprint density at radius 3 is 2.75 bits per heavy atom. The zero-order chi connectivity index (χ0) is 19.7. The monoisotopic (exact) mass is 396 g/mol. The average molecular weight is 396 g/mol. The molecule has 0 saturated carbocycles. The number of benzene rings is 2. The topological polar surface area (TPSA) is 74.5 Å². The fourth-order valence-electron chi connectivity index (χ4n) is 2.96. The third-order valence-corrected chi connectivity index (χ3v) is 5.45. The van der Waals surface area contributed by atoms with Crippen molar-refractivity contribution in [3.8, 4) is 11.5 Å². The lowest BCUT2D eigenvalue weighted by Crippen LogP contribution is -2.21. The smallest absolute Gasteiger partial charge is 0.277 e. The van der Waals surface area contributed by atoms with E-state index in [2.05, 4.69) is 10.2 Å². The minimum absolute atomic E-state index is 0.0390. The SMILES string of the molecule is Cc1ccc(C)c(C(=O)C(C)Sc2nnc(C3COc4ccccc4O3)o2)c1. The summed E-state index contributed by atoms with van der Waals surface area (Å²) in [6.07, 6.45) is -0.471. The van der Waals surface area contributed by atoms with Crippen molar-refractivity contribution in [3.05, 3.63) is 65.0 Å². The normalized spacial score (nSPS) is 16.6. The van der Waals surface area contributed by atoms with Crippen LogP contribution in [0.15, 0.2) is 52.1 Å². The number of thioether (sulfide) groups is 1. The number of hydrogen-bond acceptors (Lipinski definition) is 7. The van der Waals surface area contributed by atoms with Gasteiger partial charge in [0.25, 0.3) is 11.1 Å². The number of ether oxygens (including phenoxy) is 2. The molecule has 1 aliphatic heterocycles. The van der Waals surface area contributed by atoms with Gasteiger partial charge in [-0.3, -0.25) is 4.79 Å². The van der Waals surface area contributed by atoms with Crippen LogP contribution in [0.2, 0.25) is 0 Å². The van der Waals surface area contributed by atoms with Gasteiger partial charge in [-0.15, -0.1) is 10.2 Å². The van der Waals surface area contributed by atoms with Gasteiger partial charge >= 0.3 is 0 Å². The summed E-state index contributed by atoms with van der Waals surface area (Å²) in [5.41, 5.74) is 2.74. The summed E-state index contributed by atoms with van der Waals surface area (Å²) >= 11 is 1.25. The van der Waals surface area contributed by atoms with E-state index in [-0.39, 0.29) is 11.0 Å². The number of carbonyl (C=O) groups excluding carboxylic acids is 1. The first-order chi connectivity index (χ1) is 13.5. The van der Waals surface area contributed by atoms with Gasteiger partial charge in [-0.1, -0.05) is 41.6 Å². The molecule has 0 N–H and O–H groups in total. The summed E-state index contributed by atoms with van der Waals surface area (Å²) in [7, 11) is 0. The van der Waals surface area contributed by atoms with Gasteiger partial charge in [0.05, 0.1) is 5.25 Å². The number of fused-ring (bicyclic) bond motifs is 1. The highest BCUT2D eigenvalue weighted by atomic mass is 32.2. The first-order valence-corrected chi connectivity index (χ1v) is 9.89. The minimum Gasteiger partial charge on any atom is -0.485 e. The van der Waals surface area contributed by atoms with E-state index in [1.54, 1.807) is 0 Å². The number of ketones is 1. The Kier molecular flexibility index (Phi) is 5.09. The minimum atomic E-state index is -0.471. The Balaban J connectivity index is 1.45. The molecule has 2 aromatic carbocycles. The van der Waals surface area contributed by atoms with Crippen LogP contribution in [0.1, 0.15) is 40.4 Å². The van der Waals surface area contributed by atoms with E-state index in [9.17, 15) is 4.79 Å². The molecule has 0 radical (unpaired) electrons. The number of nitrogens with zero attached hydrogens (tertiary/aromatic N) is 2. The van der Waals surface area contributed by atoms with Gasteiger partial charge in [-0.05, 0) is 44.5 Å². The van der Waals surface area contributed by atoms with Gasteiger partial charge in [-0.25, -0.2) is 0 Å². The number of para-hydroxylation sites is 2. The second kappa shape index (κ2) is 7.67. The predicted molar refractivity (Wildman–Crippen MR) is 105 cm³/mol. The molecular weight excluding hydrogens is 376 g/mol. The van der Waals surface area contributed by atoms with Crippen molar-refractivity contribution in [1.82, 2.24) is 10.2 Å². The average Bonchev–Trinajstić information content (AvgIpc) is 3.17. The molecule has 0 fully saturated rings. The summed E-state index contributed by atoms with van der Waals surface area (Å²) in [4.78, 5) is 12.8. The summed E-state index contributed by atoms with van der Waals surface area (Å²) in [6.45, 7) is 6.05. The van der Waals surface area contributed by atoms with E-state index in [1.165, 1.54) is 11.8 Å². The summed E-state index contributed by atoms with van der Waals surface area (Å²) in [5, 5.41) is 8.13. The Morgan fingerprint density at radius 2 is 1.93 bits per heavy atom. The third-order valence-electron chi connectivity index (χ3n) is 4.51. The molecule has 0 spiro atoms. The Morgan fingerprint density at radius 1 is 1.14 bits per heavy atom. The molecule has 0 amide bonds. The molecule has 1 aromatic heterocycles. The van der Waals surface area contributed by atoms with Gasteiger partial charge in [0, 0.05) is 5.56 Å². The number of Topliss-reactive ketones (excluding diaryl/α,β-unsaturated/α-hetero) is 1. The molecule has 0 saturated heterocycles. The second-order valence-corrected chi connectivity index (χ2v) is 8.01. The molecule has 28 heavy (non-hydrogen) atoms. The Hall–Kier alpha value is -2.80. The zero-order valence-corrected chi connectivity index (χ0v) is 16.7. The lowest BCUT2D eigenvalue weighted by molar-refractivity contribution is 0.0686. The molecule has 6 nitrogen and oxygen atoms in total. The maximum absolute atomic E-state index is 12.8. The molecule has 0 aliphatic carbocycles. The standard InChI is InChI=1S/C21H20N2O4S/c1-12-8-9-13(2)15(10-12)19(24)14(3)28-21-23-22-20(27-21)18-11-25-16-6-4-5-7-17(16)26-18/h4-10,14,18H,11H2,1-3H3. The Labute approximate surface area is 167 Å². The van der Waals surface area contributed by atoms with Crippen LogP contribution in [-0.2, 0) is 0 Å². The number of hydrogen-bond donors (Lipinski definition) is 0. The molecule has 0 bridgehead atoms. The number of aryl methyl sites for hydroxylation is 2. The van der Waals surface area contributed by atoms with Crippen molar-refractivity contribution in [1.29, 1.82) is 0 Å². The van der Waals surface area contributed by atoms with Gasteiger partial charge in [0.15, 0.2) is 17.3 Å². The van der Waals surface area contributed by atoms with Crippen molar-refractivity contribution in [2.75, 3.05) is 6.61 Å². The van der Waals surface area contributed by atoms with Gasteiger partial charge in [-0.2, -0.15) is 0 Å². The zero-order valence-electron chi connectivity index (χ0n) is 15.8. The van der Waals surface area contributed by atoms with Crippen LogP contribution in [-0.4, -0.2) is 27.8 Å². The first kappa shape index (κ1) is 18.6. The molecule has 2 atom stereocenters. The maximum Gasteiger partial charge on any atom is 0.277 e. The molecule has 2 heterocycles.